The smallest absolute Gasteiger partial charge is 0.267 e. The van der Waals surface area contributed by atoms with Crippen molar-refractivity contribution in [1.82, 2.24) is 0 Å². The van der Waals surface area contributed by atoms with Gasteiger partial charge in [0.15, 0.2) is 0 Å². The van der Waals surface area contributed by atoms with Gasteiger partial charge >= 0.3 is 0 Å². The molecular formula is C18H14Cl2N2O. The topological polar surface area (TPSA) is 32.7 Å². The standard InChI is InChI=1S/C18H14Cl2N2O/c1-11-3-5-13(6-4-11)7-17-12(2)21-22(18(17)23)16-9-14(19)8-15(20)10-16/h3-10H,1-2H3/b17-7-. The fourth-order valence-electron chi connectivity index (χ4n) is 2.35. The zero-order valence-electron chi connectivity index (χ0n) is 12.7. The Hall–Kier alpha value is -2.10. The first-order valence-electron chi connectivity index (χ1n) is 7.08. The van der Waals surface area contributed by atoms with Crippen molar-refractivity contribution in [2.75, 3.05) is 5.01 Å². The molecule has 0 saturated carbocycles. The fraction of sp³-hybridized carbons (Fsp3) is 0.111. The molecule has 0 unspecified atom stereocenters. The van der Waals surface area contributed by atoms with E-state index in [4.69, 9.17) is 23.2 Å². The predicted octanol–water partition coefficient (Wildman–Crippen LogP) is 5.11. The summed E-state index contributed by atoms with van der Waals surface area (Å²) in [6.45, 7) is 3.83. The molecule has 1 aliphatic rings. The van der Waals surface area contributed by atoms with Crippen LogP contribution in [0.3, 0.4) is 0 Å². The summed E-state index contributed by atoms with van der Waals surface area (Å²) in [5, 5.41) is 6.58. The normalized spacial score (nSPS) is 16.2. The van der Waals surface area contributed by atoms with Crippen LogP contribution in [0.25, 0.3) is 6.08 Å². The van der Waals surface area contributed by atoms with Crippen molar-refractivity contribution in [3.05, 3.63) is 69.2 Å². The lowest BCUT2D eigenvalue weighted by molar-refractivity contribution is -0.114. The fourth-order valence-corrected chi connectivity index (χ4v) is 2.86. The number of hydrogen-bond acceptors (Lipinski definition) is 2. The minimum atomic E-state index is -0.193. The number of carbonyl (C=O) groups excluding carboxylic acids is 1. The minimum absolute atomic E-state index is 0.193. The van der Waals surface area contributed by atoms with Crippen LogP contribution >= 0.6 is 23.2 Å². The van der Waals surface area contributed by atoms with Crippen molar-refractivity contribution in [1.29, 1.82) is 0 Å². The van der Waals surface area contributed by atoms with Crippen LogP contribution in [0, 0.1) is 6.92 Å². The molecule has 0 aromatic heterocycles. The van der Waals surface area contributed by atoms with Gasteiger partial charge in [0.25, 0.3) is 5.91 Å². The van der Waals surface area contributed by atoms with Crippen molar-refractivity contribution < 1.29 is 4.79 Å². The first-order chi connectivity index (χ1) is 10.9. The maximum atomic E-state index is 12.7. The molecule has 1 heterocycles. The lowest BCUT2D eigenvalue weighted by Gasteiger charge is -2.12. The van der Waals surface area contributed by atoms with Gasteiger partial charge in [-0.05, 0) is 43.7 Å². The number of nitrogens with zero attached hydrogens (tertiary/aromatic N) is 2. The molecule has 0 radical (unpaired) electrons. The third kappa shape index (κ3) is 3.31. The Balaban J connectivity index is 1.96. The largest absolute Gasteiger partial charge is 0.280 e. The maximum absolute atomic E-state index is 12.7. The second-order valence-electron chi connectivity index (χ2n) is 5.40. The van der Waals surface area contributed by atoms with E-state index < -0.39 is 0 Å². The molecule has 0 bridgehead atoms. The number of amides is 1. The van der Waals surface area contributed by atoms with Gasteiger partial charge in [0.1, 0.15) is 0 Å². The predicted molar refractivity (Wildman–Crippen MR) is 96.2 cm³/mol. The Bertz CT molecular complexity index is 818. The molecule has 1 aliphatic heterocycles. The number of carbonyl (C=O) groups is 1. The third-order valence-corrected chi connectivity index (χ3v) is 3.98. The highest BCUT2D eigenvalue weighted by molar-refractivity contribution is 6.36. The Kier molecular flexibility index (Phi) is 4.24. The molecule has 0 atom stereocenters. The molecule has 0 N–H and O–H groups in total. The molecule has 23 heavy (non-hydrogen) atoms. The molecular weight excluding hydrogens is 331 g/mol. The summed E-state index contributed by atoms with van der Waals surface area (Å²) < 4.78 is 0. The van der Waals surface area contributed by atoms with E-state index in [1.165, 1.54) is 10.6 Å². The number of hydrazone groups is 1. The summed E-state index contributed by atoms with van der Waals surface area (Å²) in [5.41, 5.74) is 3.90. The van der Waals surface area contributed by atoms with E-state index in [9.17, 15) is 4.79 Å². The number of halogens is 2. The first-order valence-corrected chi connectivity index (χ1v) is 7.84. The molecule has 5 heteroatoms. The summed E-state index contributed by atoms with van der Waals surface area (Å²) in [6.07, 6.45) is 1.84. The van der Waals surface area contributed by atoms with Crippen molar-refractivity contribution in [2.45, 2.75) is 13.8 Å². The van der Waals surface area contributed by atoms with E-state index in [1.54, 1.807) is 18.2 Å². The molecule has 3 nitrogen and oxygen atoms in total. The SMILES string of the molecule is CC1=NN(c2cc(Cl)cc(Cl)c2)C(=O)/C1=C\c1ccc(C)cc1. The summed E-state index contributed by atoms with van der Waals surface area (Å²) in [7, 11) is 0. The van der Waals surface area contributed by atoms with Gasteiger partial charge in [-0.25, -0.2) is 0 Å². The van der Waals surface area contributed by atoms with Crippen LogP contribution in [0.2, 0.25) is 10.0 Å². The van der Waals surface area contributed by atoms with Gasteiger partial charge < -0.3 is 0 Å². The Morgan fingerprint density at radius 3 is 2.22 bits per heavy atom. The number of aryl methyl sites for hydroxylation is 1. The third-order valence-electron chi connectivity index (χ3n) is 3.54. The number of benzene rings is 2. The monoisotopic (exact) mass is 344 g/mol. The van der Waals surface area contributed by atoms with Crippen LogP contribution in [0.5, 0.6) is 0 Å². The van der Waals surface area contributed by atoms with Gasteiger partial charge in [0, 0.05) is 10.0 Å². The maximum Gasteiger partial charge on any atom is 0.280 e. The van der Waals surface area contributed by atoms with Gasteiger partial charge in [-0.2, -0.15) is 10.1 Å². The molecule has 0 saturated heterocycles. The highest BCUT2D eigenvalue weighted by Crippen LogP contribution is 2.30. The van der Waals surface area contributed by atoms with Gasteiger partial charge in [-0.15, -0.1) is 0 Å². The van der Waals surface area contributed by atoms with Gasteiger partial charge in [-0.1, -0.05) is 53.0 Å². The summed E-state index contributed by atoms with van der Waals surface area (Å²) in [5.74, 6) is -0.193. The Labute approximate surface area is 144 Å². The summed E-state index contributed by atoms with van der Waals surface area (Å²) in [4.78, 5) is 12.7. The summed E-state index contributed by atoms with van der Waals surface area (Å²) in [6, 6.07) is 12.9. The molecule has 1 amide bonds. The van der Waals surface area contributed by atoms with Crippen molar-refractivity contribution in [3.63, 3.8) is 0 Å². The lowest BCUT2D eigenvalue weighted by Crippen LogP contribution is -2.21. The van der Waals surface area contributed by atoms with Crippen LogP contribution < -0.4 is 5.01 Å². The van der Waals surface area contributed by atoms with Crippen molar-refractivity contribution in [2.24, 2.45) is 5.10 Å². The summed E-state index contributed by atoms with van der Waals surface area (Å²) >= 11 is 12.0. The quantitative estimate of drug-likeness (QED) is 0.697. The van der Waals surface area contributed by atoms with Crippen LogP contribution in [0.15, 0.2) is 53.1 Å². The molecule has 0 fully saturated rings. The van der Waals surface area contributed by atoms with Crippen LogP contribution in [-0.2, 0) is 4.79 Å². The molecule has 2 aromatic rings. The second kappa shape index (κ2) is 6.19. The first kappa shape index (κ1) is 15.8. The number of anilines is 1. The van der Waals surface area contributed by atoms with Crippen LogP contribution in [-0.4, -0.2) is 11.6 Å². The molecule has 0 spiro atoms. The highest BCUT2D eigenvalue weighted by atomic mass is 35.5. The number of hydrogen-bond donors (Lipinski definition) is 0. The molecule has 2 aromatic carbocycles. The Morgan fingerprint density at radius 1 is 1.00 bits per heavy atom. The second-order valence-corrected chi connectivity index (χ2v) is 6.27. The lowest BCUT2D eigenvalue weighted by atomic mass is 10.1. The van der Waals surface area contributed by atoms with Crippen LogP contribution in [0.4, 0.5) is 5.69 Å². The zero-order valence-corrected chi connectivity index (χ0v) is 14.2. The van der Waals surface area contributed by atoms with E-state index in [0.29, 0.717) is 27.0 Å². The number of rotatable bonds is 2. The Morgan fingerprint density at radius 2 is 1.61 bits per heavy atom. The van der Waals surface area contributed by atoms with E-state index in [-0.39, 0.29) is 5.91 Å². The van der Waals surface area contributed by atoms with E-state index >= 15 is 0 Å². The van der Waals surface area contributed by atoms with E-state index in [1.807, 2.05) is 44.2 Å². The van der Waals surface area contributed by atoms with E-state index in [0.717, 1.165) is 5.56 Å². The average Bonchev–Trinajstić information content (AvgIpc) is 2.76. The van der Waals surface area contributed by atoms with E-state index in [2.05, 4.69) is 5.10 Å². The zero-order chi connectivity index (χ0) is 16.6. The van der Waals surface area contributed by atoms with Crippen LogP contribution in [0.1, 0.15) is 18.1 Å². The molecule has 3 rings (SSSR count). The van der Waals surface area contributed by atoms with Gasteiger partial charge in [-0.3, -0.25) is 4.79 Å². The van der Waals surface area contributed by atoms with Gasteiger partial charge in [0.05, 0.1) is 17.0 Å². The van der Waals surface area contributed by atoms with Crippen molar-refractivity contribution >= 4 is 46.6 Å². The highest BCUT2D eigenvalue weighted by Gasteiger charge is 2.29. The molecule has 116 valence electrons. The van der Waals surface area contributed by atoms with Crippen molar-refractivity contribution in [3.8, 4) is 0 Å². The molecule has 0 aliphatic carbocycles. The average molecular weight is 345 g/mol. The minimum Gasteiger partial charge on any atom is -0.267 e. The van der Waals surface area contributed by atoms with Gasteiger partial charge in [0.2, 0.25) is 0 Å².